The molecule has 0 radical (unpaired) electrons. The summed E-state index contributed by atoms with van der Waals surface area (Å²) in [6.45, 7) is 0. The molecule has 2 atom stereocenters. The third-order valence-electron chi connectivity index (χ3n) is 3.09. The first-order valence-electron chi connectivity index (χ1n) is 6.67. The van der Waals surface area contributed by atoms with Gasteiger partial charge in [0.1, 0.15) is 0 Å². The fourth-order valence-corrected chi connectivity index (χ4v) is 2.69. The molecule has 0 saturated carbocycles. The molecule has 1 heterocycles. The second-order valence-corrected chi connectivity index (χ2v) is 5.30. The Morgan fingerprint density at radius 3 is 1.62 bits per heavy atom. The monoisotopic (exact) mass is 300 g/mol. The molecule has 2 aromatic rings. The molecule has 0 aromatic heterocycles. The molecule has 4 N–H and O–H groups in total. The van der Waals surface area contributed by atoms with Gasteiger partial charge in [-0.3, -0.25) is 4.79 Å². The number of benzene rings is 2. The molecule has 2 aromatic carbocycles. The zero-order valence-corrected chi connectivity index (χ0v) is 12.1. The van der Waals surface area contributed by atoms with Crippen LogP contribution in [-0.2, 0) is 4.79 Å². The summed E-state index contributed by atoms with van der Waals surface area (Å²) in [5, 5.41) is 6.37. The fourth-order valence-electron chi connectivity index (χ4n) is 2.04. The van der Waals surface area contributed by atoms with Crippen LogP contribution < -0.4 is 20.1 Å². The summed E-state index contributed by atoms with van der Waals surface area (Å²) in [6, 6.07) is 19.3. The zero-order valence-electron chi connectivity index (χ0n) is 11.2. The van der Waals surface area contributed by atoms with Gasteiger partial charge in [0.25, 0.3) is 0 Å². The molecule has 0 spiro atoms. The molecule has 1 aliphatic heterocycles. The number of rotatable bonds is 4. The van der Waals surface area contributed by atoms with E-state index < -0.39 is 12.3 Å². The Labute approximate surface area is 127 Å². The molecule has 2 unspecified atom stereocenters. The molecular weight excluding hydrogens is 284 g/mol. The average Bonchev–Trinajstić information content (AvgIpc) is 2.53. The Hall–Kier alpha value is -2.02. The van der Waals surface area contributed by atoms with Gasteiger partial charge in [-0.05, 0) is 24.3 Å². The second-order valence-electron chi connectivity index (χ2n) is 4.63. The Morgan fingerprint density at radius 2 is 1.19 bits per heavy atom. The van der Waals surface area contributed by atoms with Gasteiger partial charge >= 0.3 is 0 Å². The molecule has 0 bridgehead atoms. The molecule has 0 amide bonds. The van der Waals surface area contributed by atoms with Crippen LogP contribution in [0.5, 0.6) is 0 Å². The summed E-state index contributed by atoms with van der Waals surface area (Å²) in [7, 11) is 0. The van der Waals surface area contributed by atoms with Crippen LogP contribution >= 0.6 is 12.1 Å². The first kappa shape index (κ1) is 13.9. The standard InChI is InChI=1S/C15H16N4OS/c20-13-14(16-11-7-3-1-4-8-11)18-21-19-15(13)17-12-9-5-2-6-10-12/h1-10,14-19H. The van der Waals surface area contributed by atoms with E-state index in [-0.39, 0.29) is 5.78 Å². The normalized spacial score (nSPS) is 21.8. The van der Waals surface area contributed by atoms with Gasteiger partial charge in [0.05, 0.1) is 0 Å². The summed E-state index contributed by atoms with van der Waals surface area (Å²) in [6.07, 6.45) is -0.889. The predicted molar refractivity (Wildman–Crippen MR) is 86.6 cm³/mol. The van der Waals surface area contributed by atoms with Crippen molar-refractivity contribution in [3.05, 3.63) is 60.7 Å². The van der Waals surface area contributed by atoms with Crippen molar-refractivity contribution in [1.82, 2.24) is 9.44 Å². The van der Waals surface area contributed by atoms with Crippen molar-refractivity contribution in [2.75, 3.05) is 10.6 Å². The smallest absolute Gasteiger partial charge is 0.208 e. The summed E-state index contributed by atoms with van der Waals surface area (Å²) in [5.74, 6) is 0.0152. The first-order chi connectivity index (χ1) is 10.3. The fraction of sp³-hybridized carbons (Fsp3) is 0.133. The molecule has 0 aliphatic carbocycles. The average molecular weight is 300 g/mol. The van der Waals surface area contributed by atoms with E-state index in [9.17, 15) is 4.79 Å². The minimum Gasteiger partial charge on any atom is -0.363 e. The number of hydrogen-bond acceptors (Lipinski definition) is 6. The van der Waals surface area contributed by atoms with E-state index in [1.54, 1.807) is 0 Å². The first-order valence-corrected chi connectivity index (χ1v) is 7.48. The van der Waals surface area contributed by atoms with Gasteiger partial charge in [0.15, 0.2) is 12.3 Å². The van der Waals surface area contributed by atoms with Crippen molar-refractivity contribution >= 4 is 29.3 Å². The highest BCUT2D eigenvalue weighted by atomic mass is 32.2. The van der Waals surface area contributed by atoms with Crippen LogP contribution in [0.15, 0.2) is 60.7 Å². The van der Waals surface area contributed by atoms with Crippen molar-refractivity contribution in [3.63, 3.8) is 0 Å². The molecule has 1 saturated heterocycles. The van der Waals surface area contributed by atoms with E-state index in [2.05, 4.69) is 20.1 Å². The van der Waals surface area contributed by atoms with Gasteiger partial charge in [0.2, 0.25) is 5.78 Å². The minimum absolute atomic E-state index is 0.0152. The predicted octanol–water partition coefficient (Wildman–Crippen LogP) is 2.19. The molecule has 1 aliphatic rings. The van der Waals surface area contributed by atoms with Gasteiger partial charge in [-0.15, -0.1) is 0 Å². The lowest BCUT2D eigenvalue weighted by Gasteiger charge is -2.30. The van der Waals surface area contributed by atoms with Crippen LogP contribution in [0, 0.1) is 0 Å². The van der Waals surface area contributed by atoms with Crippen molar-refractivity contribution in [3.8, 4) is 0 Å². The maximum absolute atomic E-state index is 12.5. The lowest BCUT2D eigenvalue weighted by atomic mass is 10.2. The van der Waals surface area contributed by atoms with Gasteiger partial charge < -0.3 is 10.6 Å². The zero-order chi connectivity index (χ0) is 14.5. The topological polar surface area (TPSA) is 65.2 Å². The third kappa shape index (κ3) is 3.55. The summed E-state index contributed by atoms with van der Waals surface area (Å²) in [4.78, 5) is 12.5. The van der Waals surface area contributed by atoms with Gasteiger partial charge in [0, 0.05) is 23.5 Å². The second kappa shape index (κ2) is 6.62. The van der Waals surface area contributed by atoms with E-state index in [4.69, 9.17) is 0 Å². The van der Waals surface area contributed by atoms with Crippen LogP contribution in [0.25, 0.3) is 0 Å². The van der Waals surface area contributed by atoms with Crippen LogP contribution in [0.2, 0.25) is 0 Å². The van der Waals surface area contributed by atoms with Gasteiger partial charge in [-0.2, -0.15) is 0 Å². The molecule has 6 heteroatoms. The van der Waals surface area contributed by atoms with Crippen LogP contribution in [0.4, 0.5) is 11.4 Å². The van der Waals surface area contributed by atoms with Crippen molar-refractivity contribution in [2.24, 2.45) is 0 Å². The van der Waals surface area contributed by atoms with Crippen LogP contribution in [-0.4, -0.2) is 18.1 Å². The third-order valence-corrected chi connectivity index (χ3v) is 3.80. The maximum atomic E-state index is 12.5. The molecule has 108 valence electrons. The Balaban J connectivity index is 1.66. The molecule has 5 nitrogen and oxygen atoms in total. The van der Waals surface area contributed by atoms with Crippen LogP contribution in [0.3, 0.4) is 0 Å². The highest BCUT2D eigenvalue weighted by Crippen LogP contribution is 2.15. The number of Topliss-reactive ketones (excluding diaryl/α,β-unsaturated/α-hetero) is 1. The van der Waals surface area contributed by atoms with E-state index in [1.165, 1.54) is 12.1 Å². The van der Waals surface area contributed by atoms with E-state index in [1.807, 2.05) is 60.7 Å². The number of para-hydroxylation sites is 2. The Bertz CT molecular complexity index is 542. The lowest BCUT2D eigenvalue weighted by Crippen LogP contribution is -2.57. The highest BCUT2D eigenvalue weighted by Gasteiger charge is 2.31. The van der Waals surface area contributed by atoms with Crippen molar-refractivity contribution in [2.45, 2.75) is 12.3 Å². The number of anilines is 2. The SMILES string of the molecule is O=C1C(Nc2ccccc2)NSNC1Nc1ccccc1. The summed E-state index contributed by atoms with van der Waals surface area (Å²) in [5.41, 5.74) is 1.81. The summed E-state index contributed by atoms with van der Waals surface area (Å²) < 4.78 is 6.08. The Morgan fingerprint density at radius 1 is 0.762 bits per heavy atom. The maximum Gasteiger partial charge on any atom is 0.208 e. The van der Waals surface area contributed by atoms with E-state index >= 15 is 0 Å². The number of carbonyl (C=O) groups excluding carboxylic acids is 1. The highest BCUT2D eigenvalue weighted by molar-refractivity contribution is 7.95. The Kier molecular flexibility index (Phi) is 4.40. The van der Waals surface area contributed by atoms with Crippen molar-refractivity contribution < 1.29 is 4.79 Å². The number of ketones is 1. The number of hydrogen-bond donors (Lipinski definition) is 4. The van der Waals surface area contributed by atoms with Crippen LogP contribution in [0.1, 0.15) is 0 Å². The molecule has 21 heavy (non-hydrogen) atoms. The van der Waals surface area contributed by atoms with Gasteiger partial charge in [-0.1, -0.05) is 36.4 Å². The van der Waals surface area contributed by atoms with E-state index in [0.29, 0.717) is 0 Å². The largest absolute Gasteiger partial charge is 0.363 e. The van der Waals surface area contributed by atoms with Gasteiger partial charge in [-0.25, -0.2) is 9.44 Å². The minimum atomic E-state index is -0.445. The molecule has 1 fully saturated rings. The van der Waals surface area contributed by atoms with E-state index in [0.717, 1.165) is 11.4 Å². The van der Waals surface area contributed by atoms with Crippen molar-refractivity contribution in [1.29, 1.82) is 0 Å². The lowest BCUT2D eigenvalue weighted by molar-refractivity contribution is -0.121. The summed E-state index contributed by atoms with van der Waals surface area (Å²) >= 11 is 1.31. The number of carbonyl (C=O) groups is 1. The quantitative estimate of drug-likeness (QED) is 0.649. The molecule has 3 rings (SSSR count). The number of nitrogens with one attached hydrogen (secondary N) is 4. The molecular formula is C15H16N4OS.